The second-order valence-electron chi connectivity index (χ2n) is 5.23. The number of aliphatic hydroxyl groups excluding tert-OH is 1. The molecule has 19 heavy (non-hydrogen) atoms. The Morgan fingerprint density at radius 3 is 2.37 bits per heavy atom. The van der Waals surface area contributed by atoms with Gasteiger partial charge in [0.2, 0.25) is 0 Å². The molecule has 1 aromatic rings. The van der Waals surface area contributed by atoms with Gasteiger partial charge in [-0.05, 0) is 38.8 Å². The van der Waals surface area contributed by atoms with E-state index in [9.17, 15) is 0 Å². The van der Waals surface area contributed by atoms with Crippen molar-refractivity contribution >= 4 is 11.6 Å². The van der Waals surface area contributed by atoms with Gasteiger partial charge in [-0.2, -0.15) is 0 Å². The van der Waals surface area contributed by atoms with E-state index in [1.165, 1.54) is 0 Å². The van der Waals surface area contributed by atoms with Crippen LogP contribution in [0.15, 0.2) is 24.3 Å². The molecule has 1 rings (SSSR count). The van der Waals surface area contributed by atoms with Gasteiger partial charge in [0, 0.05) is 30.3 Å². The van der Waals surface area contributed by atoms with Gasteiger partial charge in [-0.1, -0.05) is 29.8 Å². The van der Waals surface area contributed by atoms with Crippen LogP contribution in [0.1, 0.15) is 38.8 Å². The van der Waals surface area contributed by atoms with Gasteiger partial charge in [0.25, 0.3) is 0 Å². The summed E-state index contributed by atoms with van der Waals surface area (Å²) in [6, 6.07) is 8.24. The fourth-order valence-corrected chi connectivity index (χ4v) is 2.70. The highest BCUT2D eigenvalue weighted by atomic mass is 35.5. The van der Waals surface area contributed by atoms with Gasteiger partial charge < -0.3 is 10.8 Å². The molecule has 0 aliphatic rings. The van der Waals surface area contributed by atoms with Gasteiger partial charge >= 0.3 is 0 Å². The average molecular weight is 285 g/mol. The number of hydrogen-bond acceptors (Lipinski definition) is 3. The zero-order chi connectivity index (χ0) is 14.4. The lowest BCUT2D eigenvalue weighted by Crippen LogP contribution is -2.44. The molecule has 1 aromatic carbocycles. The van der Waals surface area contributed by atoms with E-state index >= 15 is 0 Å². The lowest BCUT2D eigenvalue weighted by Gasteiger charge is -2.38. The Morgan fingerprint density at radius 2 is 1.89 bits per heavy atom. The predicted molar refractivity (Wildman–Crippen MR) is 81.4 cm³/mol. The molecule has 0 saturated heterocycles. The van der Waals surface area contributed by atoms with Crippen LogP contribution in [0.25, 0.3) is 0 Å². The number of benzene rings is 1. The second-order valence-corrected chi connectivity index (χ2v) is 5.64. The summed E-state index contributed by atoms with van der Waals surface area (Å²) in [5.74, 6) is 0. The van der Waals surface area contributed by atoms with Crippen LogP contribution in [0.5, 0.6) is 0 Å². The molecule has 0 aromatic heterocycles. The number of rotatable bonds is 7. The summed E-state index contributed by atoms with van der Waals surface area (Å²) in [4.78, 5) is 2.31. The van der Waals surface area contributed by atoms with E-state index in [0.29, 0.717) is 6.04 Å². The lowest BCUT2D eigenvalue weighted by atomic mass is 9.97. The highest BCUT2D eigenvalue weighted by molar-refractivity contribution is 6.31. The lowest BCUT2D eigenvalue weighted by molar-refractivity contribution is 0.123. The SMILES string of the molecule is CC(N)C(c1ccccc1Cl)N(CCCO)C(C)C. The predicted octanol–water partition coefficient (Wildman–Crippen LogP) is 2.82. The molecule has 0 amide bonds. The summed E-state index contributed by atoms with van der Waals surface area (Å²) in [6.07, 6.45) is 0.742. The van der Waals surface area contributed by atoms with E-state index < -0.39 is 0 Å². The van der Waals surface area contributed by atoms with Crippen molar-refractivity contribution in [3.63, 3.8) is 0 Å². The Hall–Kier alpha value is -0.610. The number of hydrogen-bond donors (Lipinski definition) is 2. The molecule has 108 valence electrons. The first-order valence-electron chi connectivity index (χ1n) is 6.85. The van der Waals surface area contributed by atoms with E-state index in [2.05, 4.69) is 18.7 Å². The van der Waals surface area contributed by atoms with Crippen LogP contribution >= 0.6 is 11.6 Å². The highest BCUT2D eigenvalue weighted by Crippen LogP contribution is 2.31. The first-order chi connectivity index (χ1) is 8.99. The average Bonchev–Trinajstić information content (AvgIpc) is 2.35. The smallest absolute Gasteiger partial charge is 0.0513 e. The third kappa shape index (κ3) is 4.46. The molecule has 2 unspecified atom stereocenters. The minimum absolute atomic E-state index is 0.0269. The van der Waals surface area contributed by atoms with E-state index in [0.717, 1.165) is 23.6 Å². The van der Waals surface area contributed by atoms with Gasteiger partial charge in [0.05, 0.1) is 6.04 Å². The van der Waals surface area contributed by atoms with Gasteiger partial charge in [0.15, 0.2) is 0 Å². The van der Waals surface area contributed by atoms with Crippen molar-refractivity contribution in [3.8, 4) is 0 Å². The van der Waals surface area contributed by atoms with Crippen LogP contribution in [0.2, 0.25) is 5.02 Å². The second kappa shape index (κ2) is 7.85. The van der Waals surface area contributed by atoms with Crippen molar-refractivity contribution in [1.29, 1.82) is 0 Å². The Morgan fingerprint density at radius 1 is 1.26 bits per heavy atom. The minimum atomic E-state index is -0.0269. The third-order valence-corrected chi connectivity index (χ3v) is 3.66. The molecular weight excluding hydrogens is 260 g/mol. The van der Waals surface area contributed by atoms with Gasteiger partial charge in [-0.25, -0.2) is 0 Å². The van der Waals surface area contributed by atoms with Crippen molar-refractivity contribution in [1.82, 2.24) is 4.90 Å². The normalized spacial score (nSPS) is 14.9. The minimum Gasteiger partial charge on any atom is -0.396 e. The fourth-order valence-electron chi connectivity index (χ4n) is 2.45. The van der Waals surface area contributed by atoms with Crippen molar-refractivity contribution in [2.75, 3.05) is 13.2 Å². The molecule has 0 aliphatic carbocycles. The van der Waals surface area contributed by atoms with Crippen LogP contribution < -0.4 is 5.73 Å². The molecule has 0 saturated carbocycles. The van der Waals surface area contributed by atoms with E-state index in [-0.39, 0.29) is 18.7 Å². The summed E-state index contributed by atoms with van der Waals surface area (Å²) >= 11 is 6.31. The first kappa shape index (κ1) is 16.4. The topological polar surface area (TPSA) is 49.5 Å². The quantitative estimate of drug-likeness (QED) is 0.809. The van der Waals surface area contributed by atoms with Crippen molar-refractivity contribution in [2.45, 2.75) is 45.3 Å². The summed E-state index contributed by atoms with van der Waals surface area (Å²) < 4.78 is 0. The zero-order valence-corrected chi connectivity index (χ0v) is 12.8. The summed E-state index contributed by atoms with van der Waals surface area (Å²) in [6.45, 7) is 7.29. The summed E-state index contributed by atoms with van der Waals surface area (Å²) in [5.41, 5.74) is 7.25. The highest BCUT2D eigenvalue weighted by Gasteiger charge is 2.27. The molecule has 2 atom stereocenters. The van der Waals surface area contributed by atoms with Crippen molar-refractivity contribution in [2.24, 2.45) is 5.73 Å². The van der Waals surface area contributed by atoms with Crippen LogP contribution in [0.4, 0.5) is 0 Å². The van der Waals surface area contributed by atoms with E-state index in [1.54, 1.807) is 0 Å². The molecule has 0 heterocycles. The summed E-state index contributed by atoms with van der Waals surface area (Å²) in [5, 5.41) is 9.81. The number of halogens is 1. The fraction of sp³-hybridized carbons (Fsp3) is 0.600. The molecule has 3 N–H and O–H groups in total. The molecule has 0 fully saturated rings. The largest absolute Gasteiger partial charge is 0.396 e. The maximum Gasteiger partial charge on any atom is 0.0513 e. The van der Waals surface area contributed by atoms with E-state index in [4.69, 9.17) is 22.4 Å². The maximum atomic E-state index is 9.06. The maximum absolute atomic E-state index is 9.06. The monoisotopic (exact) mass is 284 g/mol. The molecule has 0 bridgehead atoms. The van der Waals surface area contributed by atoms with Crippen LogP contribution in [-0.2, 0) is 0 Å². The first-order valence-corrected chi connectivity index (χ1v) is 7.23. The number of aliphatic hydroxyl groups is 1. The zero-order valence-electron chi connectivity index (χ0n) is 12.0. The number of nitrogens with zero attached hydrogens (tertiary/aromatic N) is 1. The Bertz CT molecular complexity index is 382. The standard InChI is InChI=1S/C15H25ClN2O/c1-11(2)18(9-6-10-19)15(12(3)17)13-7-4-5-8-14(13)16/h4-5,7-8,11-12,15,19H,6,9-10,17H2,1-3H3. The Balaban J connectivity index is 3.07. The summed E-state index contributed by atoms with van der Waals surface area (Å²) in [7, 11) is 0. The molecule has 0 radical (unpaired) electrons. The van der Waals surface area contributed by atoms with Crippen LogP contribution in [-0.4, -0.2) is 35.2 Å². The van der Waals surface area contributed by atoms with Crippen molar-refractivity contribution < 1.29 is 5.11 Å². The van der Waals surface area contributed by atoms with Crippen LogP contribution in [0.3, 0.4) is 0 Å². The van der Waals surface area contributed by atoms with Gasteiger partial charge in [-0.3, -0.25) is 4.90 Å². The van der Waals surface area contributed by atoms with Crippen molar-refractivity contribution in [3.05, 3.63) is 34.9 Å². The molecule has 0 aliphatic heterocycles. The molecule has 3 nitrogen and oxygen atoms in total. The van der Waals surface area contributed by atoms with E-state index in [1.807, 2.05) is 31.2 Å². The van der Waals surface area contributed by atoms with Gasteiger partial charge in [0.1, 0.15) is 0 Å². The molecule has 0 spiro atoms. The molecule has 4 heteroatoms. The van der Waals surface area contributed by atoms with Gasteiger partial charge in [-0.15, -0.1) is 0 Å². The number of nitrogens with two attached hydrogens (primary N) is 1. The Kier molecular flexibility index (Phi) is 6.80. The third-order valence-electron chi connectivity index (χ3n) is 3.32. The Labute approximate surface area is 121 Å². The van der Waals surface area contributed by atoms with Crippen LogP contribution in [0, 0.1) is 0 Å². The molecular formula is C15H25ClN2O.